The molecule has 0 saturated heterocycles. The number of aliphatic hydroxyl groups excluding tert-OH is 2. The predicted molar refractivity (Wildman–Crippen MR) is 72.0 cm³/mol. The summed E-state index contributed by atoms with van der Waals surface area (Å²) in [6.07, 6.45) is 12.6. The van der Waals surface area contributed by atoms with Crippen LogP contribution in [0.3, 0.4) is 0 Å². The Hall–Kier alpha value is -0.0800. The molecule has 0 aromatic carbocycles. The predicted octanol–water partition coefficient (Wildman–Crippen LogP) is 3.65. The van der Waals surface area contributed by atoms with Gasteiger partial charge in [-0.3, -0.25) is 0 Å². The second-order valence-corrected chi connectivity index (χ2v) is 5.80. The number of unbranched alkanes of at least 4 members (excludes halogenated alkanes) is 5. The zero-order valence-electron chi connectivity index (χ0n) is 11.5. The summed E-state index contributed by atoms with van der Waals surface area (Å²) in [4.78, 5) is 0. The zero-order chi connectivity index (χ0) is 12.6. The van der Waals surface area contributed by atoms with Crippen LogP contribution in [0.4, 0.5) is 0 Å². The first kappa shape index (κ1) is 15.0. The van der Waals surface area contributed by atoms with E-state index in [4.69, 9.17) is 0 Å². The molecule has 1 aliphatic rings. The molecular weight excluding hydrogens is 212 g/mol. The average Bonchev–Trinajstić information content (AvgIpc) is 2.36. The van der Waals surface area contributed by atoms with Crippen molar-refractivity contribution in [3.63, 3.8) is 0 Å². The standard InChI is InChI=1S/C15H30O2/c1-2-3-4-5-6-8-11-15(13-16)12-9-7-10-14(15)17/h14,16-17H,2-13H2,1H3. The van der Waals surface area contributed by atoms with Gasteiger partial charge in [-0.25, -0.2) is 0 Å². The molecule has 0 spiro atoms. The lowest BCUT2D eigenvalue weighted by molar-refractivity contribution is -0.0541. The summed E-state index contributed by atoms with van der Waals surface area (Å²) in [7, 11) is 0. The highest BCUT2D eigenvalue weighted by atomic mass is 16.3. The van der Waals surface area contributed by atoms with Gasteiger partial charge in [0.1, 0.15) is 0 Å². The first-order chi connectivity index (χ1) is 8.25. The van der Waals surface area contributed by atoms with Gasteiger partial charge in [0.15, 0.2) is 0 Å². The summed E-state index contributed by atoms with van der Waals surface area (Å²) in [5.74, 6) is 0. The van der Waals surface area contributed by atoms with Crippen molar-refractivity contribution >= 4 is 0 Å². The van der Waals surface area contributed by atoms with Crippen LogP contribution >= 0.6 is 0 Å². The molecule has 17 heavy (non-hydrogen) atoms. The largest absolute Gasteiger partial charge is 0.396 e. The Balaban J connectivity index is 2.21. The number of rotatable bonds is 8. The molecule has 2 heteroatoms. The van der Waals surface area contributed by atoms with Crippen LogP contribution in [-0.2, 0) is 0 Å². The van der Waals surface area contributed by atoms with E-state index in [0.29, 0.717) is 0 Å². The third-order valence-corrected chi connectivity index (χ3v) is 4.45. The number of hydrogen-bond acceptors (Lipinski definition) is 2. The monoisotopic (exact) mass is 242 g/mol. The van der Waals surface area contributed by atoms with Crippen LogP contribution in [0, 0.1) is 5.41 Å². The summed E-state index contributed by atoms with van der Waals surface area (Å²) in [6, 6.07) is 0. The van der Waals surface area contributed by atoms with Crippen molar-refractivity contribution in [2.75, 3.05) is 6.61 Å². The Morgan fingerprint density at radius 1 is 1.06 bits per heavy atom. The zero-order valence-corrected chi connectivity index (χ0v) is 11.5. The van der Waals surface area contributed by atoms with Gasteiger partial charge in [0.25, 0.3) is 0 Å². The Morgan fingerprint density at radius 3 is 2.41 bits per heavy atom. The van der Waals surface area contributed by atoms with Gasteiger partial charge in [-0.1, -0.05) is 58.3 Å². The van der Waals surface area contributed by atoms with Crippen molar-refractivity contribution in [3.8, 4) is 0 Å². The van der Waals surface area contributed by atoms with Crippen LogP contribution < -0.4 is 0 Å². The minimum Gasteiger partial charge on any atom is -0.396 e. The molecule has 102 valence electrons. The molecule has 0 aromatic rings. The van der Waals surface area contributed by atoms with Crippen LogP contribution in [0.2, 0.25) is 0 Å². The van der Waals surface area contributed by atoms with E-state index in [1.807, 2.05) is 0 Å². The van der Waals surface area contributed by atoms with Crippen LogP contribution in [-0.4, -0.2) is 22.9 Å². The fraction of sp³-hybridized carbons (Fsp3) is 1.00. The van der Waals surface area contributed by atoms with Crippen molar-refractivity contribution in [1.82, 2.24) is 0 Å². The second-order valence-electron chi connectivity index (χ2n) is 5.80. The molecule has 2 atom stereocenters. The lowest BCUT2D eigenvalue weighted by atomic mass is 9.69. The Morgan fingerprint density at radius 2 is 1.76 bits per heavy atom. The van der Waals surface area contributed by atoms with Gasteiger partial charge in [-0.05, 0) is 19.3 Å². The van der Waals surface area contributed by atoms with Crippen LogP contribution in [0.25, 0.3) is 0 Å². The maximum atomic E-state index is 10.1. The average molecular weight is 242 g/mol. The Bertz CT molecular complexity index is 193. The molecule has 1 aliphatic carbocycles. The fourth-order valence-electron chi connectivity index (χ4n) is 3.10. The summed E-state index contributed by atoms with van der Waals surface area (Å²) >= 11 is 0. The maximum absolute atomic E-state index is 10.1. The van der Waals surface area contributed by atoms with E-state index in [0.717, 1.165) is 25.7 Å². The molecule has 2 nitrogen and oxygen atoms in total. The van der Waals surface area contributed by atoms with Crippen molar-refractivity contribution in [3.05, 3.63) is 0 Å². The van der Waals surface area contributed by atoms with Gasteiger partial charge in [0.05, 0.1) is 12.7 Å². The van der Waals surface area contributed by atoms with Gasteiger partial charge in [-0.2, -0.15) is 0 Å². The van der Waals surface area contributed by atoms with E-state index in [9.17, 15) is 10.2 Å². The summed E-state index contributed by atoms with van der Waals surface area (Å²) in [5.41, 5.74) is -0.164. The third-order valence-electron chi connectivity index (χ3n) is 4.45. The van der Waals surface area contributed by atoms with Gasteiger partial charge in [-0.15, -0.1) is 0 Å². The lowest BCUT2D eigenvalue weighted by Gasteiger charge is -2.40. The van der Waals surface area contributed by atoms with Gasteiger partial charge in [0, 0.05) is 5.41 Å². The van der Waals surface area contributed by atoms with E-state index in [1.165, 1.54) is 44.9 Å². The summed E-state index contributed by atoms with van der Waals surface area (Å²) < 4.78 is 0. The Kier molecular flexibility index (Phi) is 7.14. The minimum absolute atomic E-state index is 0.164. The van der Waals surface area contributed by atoms with Crippen LogP contribution in [0.5, 0.6) is 0 Å². The highest BCUT2D eigenvalue weighted by Gasteiger charge is 2.38. The topological polar surface area (TPSA) is 40.5 Å². The quantitative estimate of drug-likeness (QED) is 0.638. The molecule has 1 rings (SSSR count). The van der Waals surface area contributed by atoms with Crippen molar-refractivity contribution in [2.24, 2.45) is 5.41 Å². The van der Waals surface area contributed by atoms with Crippen molar-refractivity contribution < 1.29 is 10.2 Å². The number of hydrogen-bond donors (Lipinski definition) is 2. The van der Waals surface area contributed by atoms with Crippen molar-refractivity contribution in [1.29, 1.82) is 0 Å². The molecular formula is C15H30O2. The third kappa shape index (κ3) is 4.59. The lowest BCUT2D eigenvalue weighted by Crippen LogP contribution is -2.41. The second kappa shape index (κ2) is 8.10. The minimum atomic E-state index is -0.267. The first-order valence-electron chi connectivity index (χ1n) is 7.54. The van der Waals surface area contributed by atoms with Crippen LogP contribution in [0.1, 0.15) is 77.6 Å². The molecule has 0 bridgehead atoms. The van der Waals surface area contributed by atoms with E-state index in [2.05, 4.69) is 6.92 Å². The highest BCUT2D eigenvalue weighted by Crippen LogP contribution is 2.40. The summed E-state index contributed by atoms with van der Waals surface area (Å²) in [6.45, 7) is 2.41. The molecule has 0 radical (unpaired) electrons. The number of aliphatic hydroxyl groups is 2. The normalized spacial score (nSPS) is 29.5. The van der Waals surface area contributed by atoms with Crippen LogP contribution in [0.15, 0.2) is 0 Å². The SMILES string of the molecule is CCCCCCCCC1(CO)CCCCC1O. The summed E-state index contributed by atoms with van der Waals surface area (Å²) in [5, 5.41) is 19.7. The van der Waals surface area contributed by atoms with Gasteiger partial charge in [0.2, 0.25) is 0 Å². The molecule has 0 heterocycles. The van der Waals surface area contributed by atoms with E-state index in [1.54, 1.807) is 0 Å². The molecule has 0 amide bonds. The first-order valence-corrected chi connectivity index (χ1v) is 7.54. The highest BCUT2D eigenvalue weighted by molar-refractivity contribution is 4.89. The molecule has 0 aliphatic heterocycles. The molecule has 2 unspecified atom stereocenters. The van der Waals surface area contributed by atoms with E-state index in [-0.39, 0.29) is 18.1 Å². The van der Waals surface area contributed by atoms with E-state index >= 15 is 0 Å². The van der Waals surface area contributed by atoms with E-state index < -0.39 is 0 Å². The van der Waals surface area contributed by atoms with Gasteiger partial charge < -0.3 is 10.2 Å². The maximum Gasteiger partial charge on any atom is 0.0618 e. The smallest absolute Gasteiger partial charge is 0.0618 e. The molecule has 0 aromatic heterocycles. The Labute approximate surface area is 106 Å². The molecule has 1 fully saturated rings. The molecule has 1 saturated carbocycles. The fourth-order valence-corrected chi connectivity index (χ4v) is 3.10. The van der Waals surface area contributed by atoms with Gasteiger partial charge >= 0.3 is 0 Å². The molecule has 2 N–H and O–H groups in total. The van der Waals surface area contributed by atoms with Crippen molar-refractivity contribution in [2.45, 2.75) is 83.7 Å².